The summed E-state index contributed by atoms with van der Waals surface area (Å²) in [5, 5.41) is 5.43. The number of hydrogen-bond donors (Lipinski definition) is 3. The van der Waals surface area contributed by atoms with Crippen molar-refractivity contribution in [1.29, 1.82) is 0 Å². The summed E-state index contributed by atoms with van der Waals surface area (Å²) in [5.41, 5.74) is 1.91. The molecule has 0 unspecified atom stereocenters. The van der Waals surface area contributed by atoms with Gasteiger partial charge in [0.15, 0.2) is 0 Å². The molecule has 0 saturated carbocycles. The van der Waals surface area contributed by atoms with Crippen LogP contribution in [0.4, 0.5) is 17.1 Å². The Morgan fingerprint density at radius 3 is 2.32 bits per heavy atom. The zero-order valence-corrected chi connectivity index (χ0v) is 18.6. The Hall–Kier alpha value is -2.91. The van der Waals surface area contributed by atoms with E-state index in [1.807, 2.05) is 11.8 Å². The average Bonchev–Trinajstić information content (AvgIpc) is 3.26. The molecule has 3 N–H and O–H groups in total. The normalized spacial score (nSPS) is 13.8. The Bertz CT molecular complexity index is 1060. The molecule has 1 fully saturated rings. The van der Waals surface area contributed by atoms with Crippen LogP contribution in [0.1, 0.15) is 43.5 Å². The van der Waals surface area contributed by atoms with Crippen LogP contribution in [0.3, 0.4) is 0 Å². The van der Waals surface area contributed by atoms with Crippen molar-refractivity contribution in [2.45, 2.75) is 38.0 Å². The lowest BCUT2D eigenvalue weighted by Gasteiger charge is -2.22. The van der Waals surface area contributed by atoms with Gasteiger partial charge in [0.1, 0.15) is 4.90 Å². The lowest BCUT2D eigenvalue weighted by Crippen LogP contribution is -2.28. The topological polar surface area (TPSA) is 108 Å². The summed E-state index contributed by atoms with van der Waals surface area (Å²) in [7, 11) is -3.76. The fourth-order valence-electron chi connectivity index (χ4n) is 3.49. The smallest absolute Gasteiger partial charge is 0.255 e. The molecule has 1 saturated heterocycles. The molecule has 2 amide bonds. The first-order valence-corrected chi connectivity index (χ1v) is 11.9. The Morgan fingerprint density at radius 1 is 1.00 bits per heavy atom. The molecule has 0 aliphatic carbocycles. The summed E-state index contributed by atoms with van der Waals surface area (Å²) in [6.07, 6.45) is 2.69. The average molecular weight is 445 g/mol. The molecule has 166 valence electrons. The monoisotopic (exact) mass is 444 g/mol. The van der Waals surface area contributed by atoms with E-state index in [1.165, 1.54) is 13.0 Å². The second-order valence-corrected chi connectivity index (χ2v) is 9.23. The third kappa shape index (κ3) is 5.83. The van der Waals surface area contributed by atoms with E-state index in [-0.39, 0.29) is 16.4 Å². The molecular weight excluding hydrogens is 416 g/mol. The number of sulfonamides is 1. The Morgan fingerprint density at radius 2 is 1.68 bits per heavy atom. The Kier molecular flexibility index (Phi) is 7.29. The van der Waals surface area contributed by atoms with E-state index >= 15 is 0 Å². The molecule has 1 aliphatic rings. The van der Waals surface area contributed by atoms with Gasteiger partial charge >= 0.3 is 0 Å². The number of carbonyl (C=O) groups is 2. The van der Waals surface area contributed by atoms with Crippen molar-refractivity contribution in [1.82, 2.24) is 4.72 Å². The van der Waals surface area contributed by atoms with Crippen LogP contribution in [-0.4, -0.2) is 39.9 Å². The molecule has 1 aliphatic heterocycles. The van der Waals surface area contributed by atoms with Crippen LogP contribution in [-0.2, 0) is 14.8 Å². The van der Waals surface area contributed by atoms with E-state index in [2.05, 4.69) is 15.4 Å². The highest BCUT2D eigenvalue weighted by Crippen LogP contribution is 2.30. The highest BCUT2D eigenvalue weighted by molar-refractivity contribution is 7.89. The minimum atomic E-state index is -3.76. The maximum Gasteiger partial charge on any atom is 0.255 e. The second kappa shape index (κ2) is 9.93. The molecule has 8 nitrogen and oxygen atoms in total. The summed E-state index contributed by atoms with van der Waals surface area (Å²) in [6, 6.07) is 11.5. The van der Waals surface area contributed by atoms with E-state index in [0.717, 1.165) is 25.9 Å². The van der Waals surface area contributed by atoms with E-state index in [4.69, 9.17) is 0 Å². The number of nitrogens with one attached hydrogen (secondary N) is 3. The molecule has 9 heteroatoms. The maximum atomic E-state index is 12.9. The van der Waals surface area contributed by atoms with E-state index in [1.54, 1.807) is 36.4 Å². The fraction of sp³-hybridized carbons (Fsp3) is 0.364. The van der Waals surface area contributed by atoms with Gasteiger partial charge in [-0.1, -0.05) is 13.0 Å². The van der Waals surface area contributed by atoms with Crippen molar-refractivity contribution in [2.75, 3.05) is 35.2 Å². The van der Waals surface area contributed by atoms with Gasteiger partial charge in [0.05, 0.1) is 5.69 Å². The third-order valence-corrected chi connectivity index (χ3v) is 6.43. The molecule has 0 aromatic heterocycles. The number of anilines is 3. The van der Waals surface area contributed by atoms with Gasteiger partial charge in [-0.15, -0.1) is 0 Å². The van der Waals surface area contributed by atoms with Gasteiger partial charge in [-0.2, -0.15) is 0 Å². The molecule has 0 radical (unpaired) electrons. The first-order valence-electron chi connectivity index (χ1n) is 10.4. The summed E-state index contributed by atoms with van der Waals surface area (Å²) in [6.45, 7) is 5.20. The van der Waals surface area contributed by atoms with Crippen molar-refractivity contribution < 1.29 is 18.0 Å². The summed E-state index contributed by atoms with van der Waals surface area (Å²) in [4.78, 5) is 26.3. The van der Waals surface area contributed by atoms with E-state index < -0.39 is 15.9 Å². The Labute approximate surface area is 183 Å². The first kappa shape index (κ1) is 22.8. The standard InChI is InChI=1S/C22H28N4O4S/c1-3-11-23-31(29,30)21-14-17(9-10-20(21)26-12-4-5-13-26)22(28)25-19-8-6-7-18(15-19)24-16(2)27/h6-10,14-15,23H,3-5,11-13H2,1-2H3,(H,24,27)(H,25,28). The van der Waals surface area contributed by atoms with Gasteiger partial charge < -0.3 is 15.5 Å². The molecule has 2 aromatic rings. The minimum absolute atomic E-state index is 0.113. The number of hydrogen-bond acceptors (Lipinski definition) is 5. The first-order chi connectivity index (χ1) is 14.8. The number of amides is 2. The second-order valence-electron chi connectivity index (χ2n) is 7.49. The van der Waals surface area contributed by atoms with Crippen molar-refractivity contribution in [3.63, 3.8) is 0 Å². The quantitative estimate of drug-likeness (QED) is 0.580. The minimum Gasteiger partial charge on any atom is -0.370 e. The summed E-state index contributed by atoms with van der Waals surface area (Å²) < 4.78 is 28.5. The number of rotatable bonds is 8. The molecule has 3 rings (SSSR count). The van der Waals surface area contributed by atoms with Crippen molar-refractivity contribution in [2.24, 2.45) is 0 Å². The highest BCUT2D eigenvalue weighted by atomic mass is 32.2. The molecule has 31 heavy (non-hydrogen) atoms. The van der Waals surface area contributed by atoms with Crippen molar-refractivity contribution in [3.05, 3.63) is 48.0 Å². The van der Waals surface area contributed by atoms with Gasteiger partial charge in [0.2, 0.25) is 15.9 Å². The van der Waals surface area contributed by atoms with Gasteiger partial charge in [-0.3, -0.25) is 9.59 Å². The number of nitrogens with zero attached hydrogens (tertiary/aromatic N) is 1. The molecular formula is C22H28N4O4S. The fourth-order valence-corrected chi connectivity index (χ4v) is 4.87. The van der Waals surface area contributed by atoms with Gasteiger partial charge in [-0.05, 0) is 55.7 Å². The Balaban J connectivity index is 1.90. The van der Waals surface area contributed by atoms with Crippen LogP contribution < -0.4 is 20.3 Å². The van der Waals surface area contributed by atoms with Crippen LogP contribution >= 0.6 is 0 Å². The number of benzene rings is 2. The summed E-state index contributed by atoms with van der Waals surface area (Å²) >= 11 is 0. The molecule has 0 spiro atoms. The van der Waals surface area contributed by atoms with Crippen LogP contribution in [0.5, 0.6) is 0 Å². The van der Waals surface area contributed by atoms with Gasteiger partial charge in [0.25, 0.3) is 5.91 Å². The SMILES string of the molecule is CCCNS(=O)(=O)c1cc(C(=O)Nc2cccc(NC(C)=O)c2)ccc1N1CCCC1. The highest BCUT2D eigenvalue weighted by Gasteiger charge is 2.25. The number of carbonyl (C=O) groups excluding carboxylic acids is 2. The van der Waals surface area contributed by atoms with Crippen LogP contribution in [0.2, 0.25) is 0 Å². The predicted octanol–water partition coefficient (Wildman–Crippen LogP) is 3.19. The zero-order valence-electron chi connectivity index (χ0n) is 17.8. The van der Waals surface area contributed by atoms with Gasteiger partial charge in [-0.25, -0.2) is 13.1 Å². The lowest BCUT2D eigenvalue weighted by atomic mass is 10.1. The molecule has 0 atom stereocenters. The van der Waals surface area contributed by atoms with Crippen molar-refractivity contribution >= 4 is 38.9 Å². The van der Waals surface area contributed by atoms with Crippen molar-refractivity contribution in [3.8, 4) is 0 Å². The lowest BCUT2D eigenvalue weighted by molar-refractivity contribution is -0.114. The largest absolute Gasteiger partial charge is 0.370 e. The zero-order chi connectivity index (χ0) is 22.4. The molecule has 2 aromatic carbocycles. The van der Waals surface area contributed by atoms with Crippen LogP contribution in [0.15, 0.2) is 47.4 Å². The van der Waals surface area contributed by atoms with Crippen LogP contribution in [0.25, 0.3) is 0 Å². The van der Waals surface area contributed by atoms with E-state index in [0.29, 0.717) is 30.0 Å². The van der Waals surface area contributed by atoms with Crippen LogP contribution in [0, 0.1) is 0 Å². The van der Waals surface area contributed by atoms with Gasteiger partial charge in [0, 0.05) is 43.5 Å². The van der Waals surface area contributed by atoms with E-state index in [9.17, 15) is 18.0 Å². The summed E-state index contributed by atoms with van der Waals surface area (Å²) in [5.74, 6) is -0.643. The third-order valence-electron chi connectivity index (χ3n) is 4.94. The molecule has 1 heterocycles. The maximum absolute atomic E-state index is 12.9. The molecule has 0 bridgehead atoms. The predicted molar refractivity (Wildman–Crippen MR) is 122 cm³/mol.